The Labute approximate surface area is 191 Å². The van der Waals surface area contributed by atoms with E-state index in [1.807, 2.05) is 0 Å². The van der Waals surface area contributed by atoms with Crippen LogP contribution in [-0.2, 0) is 9.59 Å². The zero-order chi connectivity index (χ0) is 23.9. The molecule has 1 N–H and O–H groups in total. The van der Waals surface area contributed by atoms with E-state index in [0.29, 0.717) is 0 Å². The Bertz CT molecular complexity index is 1310. The molecular formula is C24H15ClF3NO4. The number of aliphatic hydroxyl groups is 1. The minimum atomic E-state index is -1.24. The lowest BCUT2D eigenvalue weighted by Crippen LogP contribution is -2.29. The fraction of sp³-hybridized carbons (Fsp3) is 0.0833. The van der Waals surface area contributed by atoms with Crippen LogP contribution in [0.1, 0.15) is 17.2 Å². The summed E-state index contributed by atoms with van der Waals surface area (Å²) in [5.74, 6) is -5.38. The molecule has 168 valence electrons. The molecular weight excluding hydrogens is 459 g/mol. The van der Waals surface area contributed by atoms with Gasteiger partial charge >= 0.3 is 0 Å². The summed E-state index contributed by atoms with van der Waals surface area (Å²) in [7, 11) is 1.37. The Hall–Kier alpha value is -3.78. The molecule has 3 aromatic rings. The predicted octanol–water partition coefficient (Wildman–Crippen LogP) is 5.39. The highest BCUT2D eigenvalue weighted by Gasteiger charge is 2.47. The van der Waals surface area contributed by atoms with Gasteiger partial charge in [0.2, 0.25) is 0 Å². The van der Waals surface area contributed by atoms with E-state index in [4.69, 9.17) is 16.3 Å². The molecule has 5 nitrogen and oxygen atoms in total. The second-order valence-corrected chi connectivity index (χ2v) is 7.58. The number of hydrogen-bond acceptors (Lipinski definition) is 4. The van der Waals surface area contributed by atoms with Crippen LogP contribution >= 0.6 is 11.6 Å². The lowest BCUT2D eigenvalue weighted by Gasteiger charge is -2.25. The summed E-state index contributed by atoms with van der Waals surface area (Å²) in [5, 5.41) is 11.3. The molecule has 1 unspecified atom stereocenters. The Kier molecular flexibility index (Phi) is 5.86. The molecule has 3 aromatic carbocycles. The van der Waals surface area contributed by atoms with Gasteiger partial charge in [-0.15, -0.1) is 0 Å². The third-order valence-corrected chi connectivity index (χ3v) is 5.55. The number of halogens is 4. The lowest BCUT2D eigenvalue weighted by atomic mass is 9.95. The van der Waals surface area contributed by atoms with Gasteiger partial charge in [0.25, 0.3) is 11.7 Å². The van der Waals surface area contributed by atoms with Gasteiger partial charge in [0.15, 0.2) is 11.6 Å². The Balaban J connectivity index is 1.95. The molecule has 0 saturated carbocycles. The van der Waals surface area contributed by atoms with Crippen molar-refractivity contribution >= 4 is 34.7 Å². The highest BCUT2D eigenvalue weighted by molar-refractivity contribution is 6.51. The molecule has 0 radical (unpaired) electrons. The van der Waals surface area contributed by atoms with Crippen LogP contribution in [0.15, 0.2) is 66.2 Å². The number of rotatable bonds is 4. The molecule has 1 saturated heterocycles. The van der Waals surface area contributed by atoms with Crippen LogP contribution in [0.5, 0.6) is 5.75 Å². The molecule has 33 heavy (non-hydrogen) atoms. The molecule has 0 aromatic heterocycles. The average Bonchev–Trinajstić information content (AvgIpc) is 3.06. The first kappa shape index (κ1) is 22.4. The standard InChI is InChI=1S/C24H15ClF3NO4/c1-33-19-10-13(4-8-16(19)25)22(30)20-21(12-2-5-14(26)6-3-12)29(24(32)23(20)31)15-7-9-17(27)18(28)11-15/h2-11,21,30H,1H3/b22-20+. The van der Waals surface area contributed by atoms with Gasteiger partial charge in [0.05, 0.1) is 23.7 Å². The summed E-state index contributed by atoms with van der Waals surface area (Å²) >= 11 is 6.03. The first-order chi connectivity index (χ1) is 15.7. The average molecular weight is 474 g/mol. The number of ether oxygens (including phenoxy) is 1. The maximum Gasteiger partial charge on any atom is 0.300 e. The molecule has 1 amide bonds. The second-order valence-electron chi connectivity index (χ2n) is 7.17. The number of anilines is 1. The van der Waals surface area contributed by atoms with E-state index in [-0.39, 0.29) is 33.2 Å². The fourth-order valence-electron chi connectivity index (χ4n) is 3.66. The van der Waals surface area contributed by atoms with Gasteiger partial charge in [-0.05, 0) is 48.0 Å². The number of ketones is 1. The Morgan fingerprint density at radius 2 is 1.67 bits per heavy atom. The Morgan fingerprint density at radius 3 is 2.30 bits per heavy atom. The first-order valence-electron chi connectivity index (χ1n) is 9.58. The van der Waals surface area contributed by atoms with E-state index < -0.39 is 40.9 Å². The quantitative estimate of drug-likeness (QED) is 0.313. The van der Waals surface area contributed by atoms with Crippen molar-refractivity contribution in [2.24, 2.45) is 0 Å². The van der Waals surface area contributed by atoms with Crippen molar-refractivity contribution in [3.05, 3.63) is 99.8 Å². The van der Waals surface area contributed by atoms with E-state index in [0.717, 1.165) is 35.2 Å². The van der Waals surface area contributed by atoms with Crippen molar-refractivity contribution in [1.82, 2.24) is 0 Å². The maximum atomic E-state index is 13.9. The fourth-order valence-corrected chi connectivity index (χ4v) is 3.85. The molecule has 1 aliphatic heterocycles. The van der Waals surface area contributed by atoms with Crippen LogP contribution in [0.4, 0.5) is 18.9 Å². The molecule has 0 spiro atoms. The molecule has 1 heterocycles. The number of amides is 1. The van der Waals surface area contributed by atoms with Crippen molar-refractivity contribution in [3.63, 3.8) is 0 Å². The van der Waals surface area contributed by atoms with Crippen LogP contribution in [0.2, 0.25) is 5.02 Å². The molecule has 9 heteroatoms. The molecule has 1 fully saturated rings. The summed E-state index contributed by atoms with van der Waals surface area (Å²) in [5.41, 5.74) is -0.0340. The number of methoxy groups -OCH3 is 1. The maximum absolute atomic E-state index is 13.9. The van der Waals surface area contributed by atoms with Crippen molar-refractivity contribution in [2.75, 3.05) is 12.0 Å². The van der Waals surface area contributed by atoms with Crippen molar-refractivity contribution < 1.29 is 32.6 Å². The van der Waals surface area contributed by atoms with Gasteiger partial charge in [-0.2, -0.15) is 0 Å². The van der Waals surface area contributed by atoms with Gasteiger partial charge in [-0.25, -0.2) is 13.2 Å². The van der Waals surface area contributed by atoms with Gasteiger partial charge in [0.1, 0.15) is 17.3 Å². The SMILES string of the molecule is COc1cc(/C(O)=C2\C(=O)C(=O)N(c3ccc(F)c(F)c3)C2c2ccc(F)cc2)ccc1Cl. The van der Waals surface area contributed by atoms with Crippen LogP contribution in [0, 0.1) is 17.5 Å². The normalized spacial score (nSPS) is 17.5. The highest BCUT2D eigenvalue weighted by atomic mass is 35.5. The predicted molar refractivity (Wildman–Crippen MR) is 116 cm³/mol. The van der Waals surface area contributed by atoms with Crippen molar-refractivity contribution in [3.8, 4) is 5.75 Å². The number of nitrogens with zero attached hydrogens (tertiary/aromatic N) is 1. The smallest absolute Gasteiger partial charge is 0.300 e. The van der Waals surface area contributed by atoms with Gasteiger partial charge < -0.3 is 9.84 Å². The van der Waals surface area contributed by atoms with Gasteiger partial charge in [-0.3, -0.25) is 14.5 Å². The Morgan fingerprint density at radius 1 is 0.970 bits per heavy atom. The van der Waals surface area contributed by atoms with Gasteiger partial charge in [0, 0.05) is 17.3 Å². The number of carbonyl (C=O) groups excluding carboxylic acids is 2. The summed E-state index contributed by atoms with van der Waals surface area (Å²) in [4.78, 5) is 26.9. The zero-order valence-electron chi connectivity index (χ0n) is 17.0. The molecule has 4 rings (SSSR count). The molecule has 1 aliphatic rings. The monoisotopic (exact) mass is 473 g/mol. The first-order valence-corrected chi connectivity index (χ1v) is 9.96. The number of aliphatic hydroxyl groups excluding tert-OH is 1. The zero-order valence-corrected chi connectivity index (χ0v) is 17.7. The number of hydrogen-bond donors (Lipinski definition) is 1. The number of carbonyl (C=O) groups is 2. The van der Waals surface area contributed by atoms with E-state index in [2.05, 4.69) is 0 Å². The van der Waals surface area contributed by atoms with Crippen LogP contribution in [0.25, 0.3) is 5.76 Å². The van der Waals surface area contributed by atoms with Crippen LogP contribution in [-0.4, -0.2) is 23.9 Å². The topological polar surface area (TPSA) is 66.8 Å². The van der Waals surface area contributed by atoms with E-state index in [1.54, 1.807) is 0 Å². The molecule has 0 aliphatic carbocycles. The number of benzene rings is 3. The van der Waals surface area contributed by atoms with Crippen molar-refractivity contribution in [2.45, 2.75) is 6.04 Å². The highest BCUT2D eigenvalue weighted by Crippen LogP contribution is 2.43. The third kappa shape index (κ3) is 3.93. The van der Waals surface area contributed by atoms with E-state index in [1.165, 1.54) is 37.4 Å². The van der Waals surface area contributed by atoms with Crippen LogP contribution in [0.3, 0.4) is 0 Å². The third-order valence-electron chi connectivity index (χ3n) is 5.24. The number of Topliss-reactive ketones (excluding diaryl/α,β-unsaturated/α-hetero) is 1. The van der Waals surface area contributed by atoms with E-state index in [9.17, 15) is 27.9 Å². The van der Waals surface area contributed by atoms with Crippen molar-refractivity contribution in [1.29, 1.82) is 0 Å². The molecule has 0 bridgehead atoms. The van der Waals surface area contributed by atoms with E-state index >= 15 is 0 Å². The lowest BCUT2D eigenvalue weighted by molar-refractivity contribution is -0.132. The largest absolute Gasteiger partial charge is 0.507 e. The minimum Gasteiger partial charge on any atom is -0.507 e. The summed E-state index contributed by atoms with van der Waals surface area (Å²) in [6.45, 7) is 0. The minimum absolute atomic E-state index is 0.113. The van der Waals surface area contributed by atoms with Gasteiger partial charge in [-0.1, -0.05) is 23.7 Å². The van der Waals surface area contributed by atoms with Crippen LogP contribution < -0.4 is 9.64 Å². The second kappa shape index (κ2) is 8.63. The summed E-state index contributed by atoms with van der Waals surface area (Å²) in [6, 6.07) is 10.6. The summed E-state index contributed by atoms with van der Waals surface area (Å²) in [6.07, 6.45) is 0. The molecule has 1 atom stereocenters. The summed E-state index contributed by atoms with van der Waals surface area (Å²) < 4.78 is 46.1.